The summed E-state index contributed by atoms with van der Waals surface area (Å²) < 4.78 is 4.74. The van der Waals surface area contributed by atoms with Gasteiger partial charge in [-0.2, -0.15) is 0 Å². The normalized spacial score (nSPS) is 16.4. The standard InChI is InChI=1S/C13H18N2O2S/c1-9-10(2)15-11(7-14-9)18-8-13(4-5-13)6-12(16)17-3/h7H,4-6,8H2,1-3H3. The molecule has 0 N–H and O–H groups in total. The van der Waals surface area contributed by atoms with Crippen molar-refractivity contribution in [3.63, 3.8) is 0 Å². The van der Waals surface area contributed by atoms with E-state index >= 15 is 0 Å². The Morgan fingerprint density at radius 1 is 1.44 bits per heavy atom. The molecule has 1 aromatic heterocycles. The average Bonchev–Trinajstić information content (AvgIpc) is 3.11. The number of hydrogen-bond donors (Lipinski definition) is 0. The van der Waals surface area contributed by atoms with Gasteiger partial charge in [0.15, 0.2) is 0 Å². The second-order valence-electron chi connectivity index (χ2n) is 4.92. The molecule has 0 bridgehead atoms. The summed E-state index contributed by atoms with van der Waals surface area (Å²) in [5.74, 6) is 0.804. The number of thioether (sulfide) groups is 1. The van der Waals surface area contributed by atoms with Gasteiger partial charge in [-0.05, 0) is 32.1 Å². The van der Waals surface area contributed by atoms with Crippen LogP contribution in [0.4, 0.5) is 0 Å². The molecule has 18 heavy (non-hydrogen) atoms. The third kappa shape index (κ3) is 3.22. The molecule has 1 aromatic rings. The molecule has 0 unspecified atom stereocenters. The van der Waals surface area contributed by atoms with Crippen molar-refractivity contribution in [2.24, 2.45) is 5.41 Å². The molecule has 1 aliphatic rings. The van der Waals surface area contributed by atoms with Gasteiger partial charge in [0.25, 0.3) is 0 Å². The van der Waals surface area contributed by atoms with Crippen LogP contribution in [-0.2, 0) is 9.53 Å². The van der Waals surface area contributed by atoms with E-state index in [9.17, 15) is 4.79 Å². The van der Waals surface area contributed by atoms with Crippen LogP contribution in [0.2, 0.25) is 0 Å². The summed E-state index contributed by atoms with van der Waals surface area (Å²) in [5, 5.41) is 0.939. The molecule has 2 rings (SSSR count). The second-order valence-corrected chi connectivity index (χ2v) is 5.92. The molecule has 1 aliphatic carbocycles. The molecule has 0 atom stereocenters. The Hall–Kier alpha value is -1.10. The molecular weight excluding hydrogens is 248 g/mol. The quantitative estimate of drug-likeness (QED) is 0.605. The number of methoxy groups -OCH3 is 1. The lowest BCUT2D eigenvalue weighted by atomic mass is 10.1. The van der Waals surface area contributed by atoms with Gasteiger partial charge < -0.3 is 4.74 Å². The summed E-state index contributed by atoms with van der Waals surface area (Å²) in [6.07, 6.45) is 4.54. The van der Waals surface area contributed by atoms with E-state index in [1.165, 1.54) is 7.11 Å². The van der Waals surface area contributed by atoms with E-state index in [-0.39, 0.29) is 11.4 Å². The van der Waals surface area contributed by atoms with E-state index < -0.39 is 0 Å². The smallest absolute Gasteiger partial charge is 0.306 e. The number of ether oxygens (including phenoxy) is 1. The highest BCUT2D eigenvalue weighted by Gasteiger charge is 2.44. The first-order chi connectivity index (χ1) is 8.54. The van der Waals surface area contributed by atoms with Crippen LogP contribution in [0.1, 0.15) is 30.7 Å². The fourth-order valence-corrected chi connectivity index (χ4v) is 2.92. The summed E-state index contributed by atoms with van der Waals surface area (Å²) in [7, 11) is 1.44. The van der Waals surface area contributed by atoms with Crippen LogP contribution in [0.5, 0.6) is 0 Å². The van der Waals surface area contributed by atoms with Gasteiger partial charge in [-0.25, -0.2) is 4.98 Å². The third-order valence-corrected chi connectivity index (χ3v) is 4.65. The number of hydrogen-bond acceptors (Lipinski definition) is 5. The highest BCUT2D eigenvalue weighted by molar-refractivity contribution is 7.99. The molecule has 5 heteroatoms. The minimum absolute atomic E-state index is 0.112. The van der Waals surface area contributed by atoms with Gasteiger partial charge in [-0.15, -0.1) is 11.8 Å². The van der Waals surface area contributed by atoms with Gasteiger partial charge in [-0.3, -0.25) is 9.78 Å². The molecule has 0 aliphatic heterocycles. The fourth-order valence-electron chi connectivity index (χ4n) is 1.74. The first-order valence-electron chi connectivity index (χ1n) is 6.04. The van der Waals surface area contributed by atoms with Crippen molar-refractivity contribution in [3.8, 4) is 0 Å². The van der Waals surface area contributed by atoms with E-state index in [1.54, 1.807) is 18.0 Å². The number of aryl methyl sites for hydroxylation is 2. The van der Waals surface area contributed by atoms with Gasteiger partial charge in [0, 0.05) is 5.75 Å². The molecule has 1 saturated carbocycles. The van der Waals surface area contributed by atoms with Crippen LogP contribution in [0.25, 0.3) is 0 Å². The zero-order valence-electron chi connectivity index (χ0n) is 11.0. The zero-order valence-corrected chi connectivity index (χ0v) is 11.8. The van der Waals surface area contributed by atoms with Gasteiger partial charge in [-0.1, -0.05) is 0 Å². The maximum atomic E-state index is 11.3. The number of aromatic nitrogens is 2. The predicted octanol–water partition coefficient (Wildman–Crippen LogP) is 2.53. The van der Waals surface area contributed by atoms with E-state index in [2.05, 4.69) is 9.97 Å². The van der Waals surface area contributed by atoms with E-state index in [1.807, 2.05) is 13.8 Å². The second kappa shape index (κ2) is 5.26. The van der Waals surface area contributed by atoms with Crippen molar-refractivity contribution in [3.05, 3.63) is 17.6 Å². The maximum Gasteiger partial charge on any atom is 0.306 e. The van der Waals surface area contributed by atoms with Gasteiger partial charge >= 0.3 is 5.97 Å². The van der Waals surface area contributed by atoms with Crippen molar-refractivity contribution in [2.75, 3.05) is 12.9 Å². The average molecular weight is 266 g/mol. The third-order valence-electron chi connectivity index (χ3n) is 3.40. The number of nitrogens with zero attached hydrogens (tertiary/aromatic N) is 2. The number of carbonyl (C=O) groups excluding carboxylic acids is 1. The maximum absolute atomic E-state index is 11.3. The summed E-state index contributed by atoms with van der Waals surface area (Å²) in [6, 6.07) is 0. The van der Waals surface area contributed by atoms with E-state index in [0.717, 1.165) is 35.0 Å². The summed E-state index contributed by atoms with van der Waals surface area (Å²) in [4.78, 5) is 20.1. The van der Waals surface area contributed by atoms with Crippen molar-refractivity contribution in [1.82, 2.24) is 9.97 Å². The highest BCUT2D eigenvalue weighted by Crippen LogP contribution is 2.51. The number of esters is 1. The minimum Gasteiger partial charge on any atom is -0.469 e. The lowest BCUT2D eigenvalue weighted by Gasteiger charge is -2.12. The van der Waals surface area contributed by atoms with Crippen LogP contribution in [0.3, 0.4) is 0 Å². The van der Waals surface area contributed by atoms with Crippen LogP contribution >= 0.6 is 11.8 Å². The lowest BCUT2D eigenvalue weighted by molar-refractivity contribution is -0.141. The summed E-state index contributed by atoms with van der Waals surface area (Å²) >= 11 is 1.68. The zero-order chi connectivity index (χ0) is 13.2. The fraction of sp³-hybridized carbons (Fsp3) is 0.615. The Labute approximate surface area is 112 Å². The largest absolute Gasteiger partial charge is 0.469 e. The topological polar surface area (TPSA) is 52.1 Å². The molecule has 0 amide bonds. The molecule has 1 heterocycles. The molecular formula is C13H18N2O2S. The van der Waals surface area contributed by atoms with E-state index in [4.69, 9.17) is 4.74 Å². The Balaban J connectivity index is 1.91. The van der Waals surface area contributed by atoms with Crippen LogP contribution in [0.15, 0.2) is 11.2 Å². The molecule has 98 valence electrons. The first-order valence-corrected chi connectivity index (χ1v) is 7.03. The van der Waals surface area contributed by atoms with Gasteiger partial charge in [0.1, 0.15) is 5.03 Å². The van der Waals surface area contributed by atoms with Crippen molar-refractivity contribution in [1.29, 1.82) is 0 Å². The first kappa shape index (κ1) is 13.3. The Kier molecular flexibility index (Phi) is 3.90. The Bertz CT molecular complexity index is 458. The monoisotopic (exact) mass is 266 g/mol. The number of rotatable bonds is 5. The SMILES string of the molecule is COC(=O)CC1(CSc2cnc(C)c(C)n2)CC1. The van der Waals surface area contributed by atoms with Crippen molar-refractivity contribution < 1.29 is 9.53 Å². The molecule has 0 radical (unpaired) electrons. The molecule has 0 saturated heterocycles. The summed E-state index contributed by atoms with van der Waals surface area (Å²) in [5.41, 5.74) is 2.07. The van der Waals surface area contributed by atoms with Crippen molar-refractivity contribution >= 4 is 17.7 Å². The molecule has 4 nitrogen and oxygen atoms in total. The Morgan fingerprint density at radius 2 is 2.17 bits per heavy atom. The van der Waals surface area contributed by atoms with Crippen LogP contribution in [0, 0.1) is 19.3 Å². The van der Waals surface area contributed by atoms with Crippen LogP contribution < -0.4 is 0 Å². The molecule has 0 aromatic carbocycles. The summed E-state index contributed by atoms with van der Waals surface area (Å²) in [6.45, 7) is 3.92. The minimum atomic E-state index is -0.112. The highest BCUT2D eigenvalue weighted by atomic mass is 32.2. The predicted molar refractivity (Wildman–Crippen MR) is 70.5 cm³/mol. The van der Waals surface area contributed by atoms with Gasteiger partial charge in [0.2, 0.25) is 0 Å². The Morgan fingerprint density at radius 3 is 2.72 bits per heavy atom. The van der Waals surface area contributed by atoms with E-state index in [0.29, 0.717) is 6.42 Å². The van der Waals surface area contributed by atoms with Gasteiger partial charge in [0.05, 0.1) is 31.1 Å². The van der Waals surface area contributed by atoms with Crippen molar-refractivity contribution in [2.45, 2.75) is 38.1 Å². The van der Waals surface area contributed by atoms with Crippen LogP contribution in [-0.4, -0.2) is 28.8 Å². The molecule has 0 spiro atoms. The lowest BCUT2D eigenvalue weighted by Crippen LogP contribution is -2.13. The number of carbonyl (C=O) groups is 1. The molecule has 1 fully saturated rings.